The second kappa shape index (κ2) is 4.07. The predicted molar refractivity (Wildman–Crippen MR) is 49.9 cm³/mol. The van der Waals surface area contributed by atoms with Gasteiger partial charge in [-0.1, -0.05) is 0 Å². The van der Waals surface area contributed by atoms with Crippen molar-refractivity contribution < 1.29 is 9.53 Å². The quantitative estimate of drug-likeness (QED) is 0.637. The highest BCUT2D eigenvalue weighted by Gasteiger charge is 2.35. The molecule has 2 unspecified atom stereocenters. The second-order valence-corrected chi connectivity index (χ2v) is 3.89. The van der Waals surface area contributed by atoms with E-state index in [1.54, 1.807) is 6.92 Å². The smallest absolute Gasteiger partial charge is 0.237 e. The first kappa shape index (κ1) is 10.5. The molecule has 0 bridgehead atoms. The van der Waals surface area contributed by atoms with Crippen LogP contribution in [0.1, 0.15) is 26.2 Å². The first-order valence-electron chi connectivity index (χ1n) is 4.71. The number of hydrogen-bond donors (Lipinski definition) is 2. The van der Waals surface area contributed by atoms with E-state index in [1.165, 1.54) is 0 Å². The summed E-state index contributed by atoms with van der Waals surface area (Å²) in [6, 6.07) is 0. The molecular weight excluding hydrogens is 168 g/mol. The zero-order valence-electron chi connectivity index (χ0n) is 8.08. The van der Waals surface area contributed by atoms with E-state index in [1.807, 2.05) is 0 Å². The van der Waals surface area contributed by atoms with Crippen LogP contribution in [0.5, 0.6) is 0 Å². The summed E-state index contributed by atoms with van der Waals surface area (Å²) in [6.45, 7) is 3.17. The number of hydrogen-bond acceptors (Lipinski definition) is 3. The molecule has 0 aliphatic carbocycles. The summed E-state index contributed by atoms with van der Waals surface area (Å²) in [6.07, 6.45) is 2.72. The molecule has 1 amide bonds. The number of primary amides is 1. The van der Waals surface area contributed by atoms with Crippen molar-refractivity contribution in [3.05, 3.63) is 0 Å². The summed E-state index contributed by atoms with van der Waals surface area (Å²) < 4.78 is 5.29. The molecule has 1 heterocycles. The zero-order valence-corrected chi connectivity index (χ0v) is 8.08. The largest absolute Gasteiger partial charge is 0.381 e. The zero-order chi connectivity index (χ0) is 9.90. The summed E-state index contributed by atoms with van der Waals surface area (Å²) in [7, 11) is 0. The molecule has 1 rings (SSSR count). The highest BCUT2D eigenvalue weighted by Crippen LogP contribution is 2.25. The minimum Gasteiger partial charge on any atom is -0.381 e. The molecule has 1 aliphatic rings. The Morgan fingerprint density at radius 3 is 2.77 bits per heavy atom. The SMILES string of the molecule is CC(N)(C(N)=O)C1CCCOCC1. The second-order valence-electron chi connectivity index (χ2n) is 3.89. The van der Waals surface area contributed by atoms with Crippen LogP contribution in [0.2, 0.25) is 0 Å². The van der Waals surface area contributed by atoms with Crippen LogP contribution in [0, 0.1) is 5.92 Å². The summed E-state index contributed by atoms with van der Waals surface area (Å²) in [4.78, 5) is 11.1. The Balaban J connectivity index is 2.62. The lowest BCUT2D eigenvalue weighted by molar-refractivity contribution is -0.124. The van der Waals surface area contributed by atoms with Crippen molar-refractivity contribution in [2.24, 2.45) is 17.4 Å². The molecule has 1 saturated heterocycles. The highest BCUT2D eigenvalue weighted by molar-refractivity contribution is 5.84. The van der Waals surface area contributed by atoms with Crippen molar-refractivity contribution in [1.29, 1.82) is 0 Å². The molecule has 2 atom stereocenters. The molecule has 0 aromatic rings. The van der Waals surface area contributed by atoms with Crippen molar-refractivity contribution in [2.75, 3.05) is 13.2 Å². The minimum absolute atomic E-state index is 0.160. The van der Waals surface area contributed by atoms with Gasteiger partial charge in [-0.15, -0.1) is 0 Å². The molecule has 0 aromatic heterocycles. The van der Waals surface area contributed by atoms with Gasteiger partial charge in [0.2, 0.25) is 5.91 Å². The molecule has 0 spiro atoms. The summed E-state index contributed by atoms with van der Waals surface area (Å²) in [5.41, 5.74) is 10.2. The van der Waals surface area contributed by atoms with Gasteiger partial charge in [-0.25, -0.2) is 0 Å². The van der Waals surface area contributed by atoms with Crippen LogP contribution in [0.25, 0.3) is 0 Å². The van der Waals surface area contributed by atoms with Gasteiger partial charge in [-0.05, 0) is 32.1 Å². The maximum atomic E-state index is 11.1. The molecular formula is C9H18N2O2. The summed E-state index contributed by atoms with van der Waals surface area (Å²) >= 11 is 0. The average Bonchev–Trinajstić information content (AvgIpc) is 2.31. The Hall–Kier alpha value is -0.610. The van der Waals surface area contributed by atoms with Crippen molar-refractivity contribution >= 4 is 5.91 Å². The molecule has 13 heavy (non-hydrogen) atoms. The number of rotatable bonds is 2. The standard InChI is InChI=1S/C9H18N2O2/c1-9(11,8(10)12)7-3-2-5-13-6-4-7/h7H,2-6,11H2,1H3,(H2,10,12). The topological polar surface area (TPSA) is 78.3 Å². The lowest BCUT2D eigenvalue weighted by atomic mass is 9.81. The third-order valence-electron chi connectivity index (χ3n) is 2.83. The monoisotopic (exact) mass is 186 g/mol. The van der Waals surface area contributed by atoms with Crippen LogP contribution in [0.4, 0.5) is 0 Å². The lowest BCUT2D eigenvalue weighted by Gasteiger charge is -2.29. The first-order valence-corrected chi connectivity index (χ1v) is 4.71. The van der Waals surface area contributed by atoms with E-state index in [0.29, 0.717) is 6.61 Å². The van der Waals surface area contributed by atoms with Gasteiger partial charge in [0.05, 0.1) is 5.54 Å². The van der Waals surface area contributed by atoms with Gasteiger partial charge in [0.1, 0.15) is 0 Å². The Morgan fingerprint density at radius 2 is 2.15 bits per heavy atom. The van der Waals surface area contributed by atoms with E-state index in [0.717, 1.165) is 25.9 Å². The van der Waals surface area contributed by atoms with E-state index in [4.69, 9.17) is 16.2 Å². The van der Waals surface area contributed by atoms with Gasteiger partial charge in [0.15, 0.2) is 0 Å². The van der Waals surface area contributed by atoms with E-state index in [9.17, 15) is 4.79 Å². The van der Waals surface area contributed by atoms with Crippen LogP contribution in [-0.4, -0.2) is 24.7 Å². The van der Waals surface area contributed by atoms with Crippen molar-refractivity contribution in [2.45, 2.75) is 31.7 Å². The van der Waals surface area contributed by atoms with Crippen LogP contribution in [0.3, 0.4) is 0 Å². The maximum absolute atomic E-state index is 11.1. The highest BCUT2D eigenvalue weighted by atomic mass is 16.5. The predicted octanol–water partition coefficient (Wildman–Crippen LogP) is 0.00580. The van der Waals surface area contributed by atoms with Crippen LogP contribution in [-0.2, 0) is 9.53 Å². The molecule has 4 N–H and O–H groups in total. The Labute approximate surface area is 78.6 Å². The van der Waals surface area contributed by atoms with Crippen LogP contribution in [0.15, 0.2) is 0 Å². The molecule has 4 heteroatoms. The number of carbonyl (C=O) groups is 1. The summed E-state index contributed by atoms with van der Waals surface area (Å²) in [5, 5.41) is 0. The normalized spacial score (nSPS) is 28.9. The molecule has 0 aromatic carbocycles. The average molecular weight is 186 g/mol. The van der Waals surface area contributed by atoms with Crippen LogP contribution >= 0.6 is 0 Å². The minimum atomic E-state index is -0.881. The fourth-order valence-corrected chi connectivity index (χ4v) is 1.70. The molecule has 4 nitrogen and oxygen atoms in total. The third kappa shape index (κ3) is 2.42. The summed E-state index contributed by atoms with van der Waals surface area (Å²) in [5.74, 6) is -0.257. The molecule has 1 aliphatic heterocycles. The van der Waals surface area contributed by atoms with E-state index in [2.05, 4.69) is 0 Å². The molecule has 0 radical (unpaired) electrons. The Kier molecular flexibility index (Phi) is 3.27. The molecule has 76 valence electrons. The van der Waals surface area contributed by atoms with E-state index < -0.39 is 11.4 Å². The van der Waals surface area contributed by atoms with Crippen LogP contribution < -0.4 is 11.5 Å². The fourth-order valence-electron chi connectivity index (χ4n) is 1.70. The number of carbonyl (C=O) groups excluding carboxylic acids is 1. The van der Waals surface area contributed by atoms with Gasteiger partial charge >= 0.3 is 0 Å². The number of ether oxygens (including phenoxy) is 1. The van der Waals surface area contributed by atoms with E-state index >= 15 is 0 Å². The van der Waals surface area contributed by atoms with Gasteiger partial charge in [0, 0.05) is 13.2 Å². The van der Waals surface area contributed by atoms with E-state index in [-0.39, 0.29) is 5.92 Å². The van der Waals surface area contributed by atoms with Gasteiger partial charge < -0.3 is 16.2 Å². The van der Waals surface area contributed by atoms with Gasteiger partial charge in [-0.3, -0.25) is 4.79 Å². The molecule has 1 fully saturated rings. The Bertz CT molecular complexity index is 184. The van der Waals surface area contributed by atoms with Crippen molar-refractivity contribution in [1.82, 2.24) is 0 Å². The van der Waals surface area contributed by atoms with Gasteiger partial charge in [0.25, 0.3) is 0 Å². The number of amides is 1. The van der Waals surface area contributed by atoms with Gasteiger partial charge in [-0.2, -0.15) is 0 Å². The lowest BCUT2D eigenvalue weighted by Crippen LogP contribution is -2.55. The number of nitrogens with two attached hydrogens (primary N) is 2. The third-order valence-corrected chi connectivity index (χ3v) is 2.83. The fraction of sp³-hybridized carbons (Fsp3) is 0.889. The first-order chi connectivity index (χ1) is 6.05. The van der Waals surface area contributed by atoms with Crippen molar-refractivity contribution in [3.63, 3.8) is 0 Å². The molecule has 0 saturated carbocycles. The Morgan fingerprint density at radius 1 is 1.46 bits per heavy atom. The van der Waals surface area contributed by atoms with Crippen molar-refractivity contribution in [3.8, 4) is 0 Å². The maximum Gasteiger partial charge on any atom is 0.237 e.